The van der Waals surface area contributed by atoms with Gasteiger partial charge in [-0.05, 0) is 38.5 Å². The zero-order valence-electron chi connectivity index (χ0n) is 16.8. The van der Waals surface area contributed by atoms with Gasteiger partial charge in [0.25, 0.3) is 0 Å². The van der Waals surface area contributed by atoms with E-state index in [4.69, 9.17) is 16.6 Å². The Labute approximate surface area is 167 Å². The number of unbranched alkanes of at least 4 members (excludes halogenated alkanes) is 3. The maximum atomic E-state index is 11.8. The Morgan fingerprint density at radius 2 is 1.82 bits per heavy atom. The lowest BCUT2D eigenvalue weighted by atomic mass is 10.1. The van der Waals surface area contributed by atoms with Gasteiger partial charge < -0.3 is 27.0 Å². The standard InChI is InChI=1S/C20H36N4O4/c1-2-11-16(25)12-8-6-4-3-5-7-9-14-18(26)24-17(19(27)28)13-10-15-23-20(21)22/h5,7,9,14,16-17,25H,2-4,6,8,10-13,15H2,1H3,(H,24,26)(H,27,28)(H4,21,22,23)/b7-5+,14-9+. The first-order valence-electron chi connectivity index (χ1n) is 9.96. The second kappa shape index (κ2) is 16.8. The highest BCUT2D eigenvalue weighted by molar-refractivity contribution is 5.91. The molecule has 0 bridgehead atoms. The fourth-order valence-electron chi connectivity index (χ4n) is 2.60. The third-order valence-electron chi connectivity index (χ3n) is 4.08. The molecule has 8 heteroatoms. The lowest BCUT2D eigenvalue weighted by Crippen LogP contribution is -2.40. The number of aliphatic carboxylic acids is 1. The van der Waals surface area contributed by atoms with Crippen LogP contribution < -0.4 is 16.8 Å². The van der Waals surface area contributed by atoms with Crippen LogP contribution in [0, 0.1) is 0 Å². The minimum Gasteiger partial charge on any atom is -0.480 e. The first-order chi connectivity index (χ1) is 13.4. The van der Waals surface area contributed by atoms with E-state index < -0.39 is 17.9 Å². The molecule has 0 aromatic heterocycles. The van der Waals surface area contributed by atoms with E-state index in [9.17, 15) is 14.7 Å². The van der Waals surface area contributed by atoms with Gasteiger partial charge in [0.15, 0.2) is 5.96 Å². The summed E-state index contributed by atoms with van der Waals surface area (Å²) in [5, 5.41) is 21.2. The number of hydrogen-bond donors (Lipinski definition) is 5. The second-order valence-electron chi connectivity index (χ2n) is 6.72. The number of aliphatic hydroxyl groups excluding tert-OH is 1. The van der Waals surface area contributed by atoms with Crippen molar-refractivity contribution in [3.63, 3.8) is 0 Å². The zero-order chi connectivity index (χ0) is 21.2. The number of nitrogens with one attached hydrogen (secondary N) is 1. The number of carboxylic acids is 1. The first-order valence-corrected chi connectivity index (χ1v) is 9.96. The lowest BCUT2D eigenvalue weighted by molar-refractivity contribution is -0.141. The number of nitrogens with zero attached hydrogens (tertiary/aromatic N) is 1. The predicted molar refractivity (Wildman–Crippen MR) is 112 cm³/mol. The van der Waals surface area contributed by atoms with Crippen LogP contribution in [0.1, 0.15) is 64.7 Å². The molecule has 0 aliphatic carbocycles. The van der Waals surface area contributed by atoms with Crippen molar-refractivity contribution in [2.24, 2.45) is 16.5 Å². The van der Waals surface area contributed by atoms with Crippen molar-refractivity contribution in [3.8, 4) is 0 Å². The molecule has 8 nitrogen and oxygen atoms in total. The molecule has 0 heterocycles. The fraction of sp³-hybridized carbons (Fsp3) is 0.650. The van der Waals surface area contributed by atoms with Gasteiger partial charge in [0.1, 0.15) is 6.04 Å². The molecule has 2 unspecified atom stereocenters. The number of carbonyl (C=O) groups excluding carboxylic acids is 1. The molecule has 0 saturated heterocycles. The van der Waals surface area contributed by atoms with Gasteiger partial charge in [-0.1, -0.05) is 44.4 Å². The molecular formula is C20H36N4O4. The summed E-state index contributed by atoms with van der Waals surface area (Å²) in [5.41, 5.74) is 10.4. The molecule has 2 atom stereocenters. The number of hydrogen-bond acceptors (Lipinski definition) is 4. The van der Waals surface area contributed by atoms with Gasteiger partial charge >= 0.3 is 5.97 Å². The number of aliphatic imine (C=N–C) groups is 1. The van der Waals surface area contributed by atoms with Crippen molar-refractivity contribution in [1.29, 1.82) is 0 Å². The van der Waals surface area contributed by atoms with Crippen molar-refractivity contribution in [1.82, 2.24) is 5.32 Å². The van der Waals surface area contributed by atoms with Gasteiger partial charge in [-0.3, -0.25) is 9.79 Å². The summed E-state index contributed by atoms with van der Waals surface area (Å²) in [7, 11) is 0. The minimum absolute atomic E-state index is 0.0419. The SMILES string of the molecule is CCCC(O)CCCCC/C=C/C=C/C(=O)NC(CCCN=C(N)N)C(=O)O. The largest absolute Gasteiger partial charge is 0.480 e. The lowest BCUT2D eigenvalue weighted by Gasteiger charge is -2.12. The molecule has 0 aromatic carbocycles. The van der Waals surface area contributed by atoms with Crippen molar-refractivity contribution in [2.45, 2.75) is 76.9 Å². The van der Waals surface area contributed by atoms with E-state index in [0.717, 1.165) is 44.9 Å². The topological polar surface area (TPSA) is 151 Å². The van der Waals surface area contributed by atoms with Crippen LogP contribution in [0.3, 0.4) is 0 Å². The number of carbonyl (C=O) groups is 2. The quantitative estimate of drug-likeness (QED) is 0.0882. The summed E-state index contributed by atoms with van der Waals surface area (Å²) >= 11 is 0. The van der Waals surface area contributed by atoms with Crippen LogP contribution in [-0.2, 0) is 9.59 Å². The van der Waals surface area contributed by atoms with E-state index in [2.05, 4.69) is 17.2 Å². The normalized spacial score (nSPS) is 13.5. The van der Waals surface area contributed by atoms with Crippen LogP contribution >= 0.6 is 0 Å². The molecule has 7 N–H and O–H groups in total. The molecule has 0 aliphatic rings. The van der Waals surface area contributed by atoms with Gasteiger partial charge in [0, 0.05) is 12.6 Å². The molecule has 0 saturated carbocycles. The Morgan fingerprint density at radius 1 is 1.07 bits per heavy atom. The summed E-state index contributed by atoms with van der Waals surface area (Å²) in [6.45, 7) is 2.39. The summed E-state index contributed by atoms with van der Waals surface area (Å²) in [6, 6.07) is -0.974. The van der Waals surface area contributed by atoms with E-state index >= 15 is 0 Å². The zero-order valence-corrected chi connectivity index (χ0v) is 16.8. The molecule has 0 fully saturated rings. The Balaban J connectivity index is 3.98. The van der Waals surface area contributed by atoms with Crippen LogP contribution in [0.5, 0.6) is 0 Å². The highest BCUT2D eigenvalue weighted by atomic mass is 16.4. The van der Waals surface area contributed by atoms with Crippen molar-refractivity contribution in [3.05, 3.63) is 24.3 Å². The first kappa shape index (κ1) is 25.6. The molecule has 0 aromatic rings. The summed E-state index contributed by atoms with van der Waals surface area (Å²) in [6.07, 6.45) is 13.9. The van der Waals surface area contributed by atoms with Crippen LogP contribution in [0.15, 0.2) is 29.3 Å². The van der Waals surface area contributed by atoms with Gasteiger partial charge in [0.05, 0.1) is 6.10 Å². The number of nitrogens with two attached hydrogens (primary N) is 2. The van der Waals surface area contributed by atoms with Crippen molar-refractivity contribution < 1.29 is 19.8 Å². The van der Waals surface area contributed by atoms with Crippen LogP contribution in [0.25, 0.3) is 0 Å². The van der Waals surface area contributed by atoms with Gasteiger partial charge in [-0.15, -0.1) is 0 Å². The highest BCUT2D eigenvalue weighted by Gasteiger charge is 2.17. The number of carboxylic acid groups (broad SMARTS) is 1. The van der Waals surface area contributed by atoms with E-state index in [1.165, 1.54) is 6.08 Å². The number of allylic oxidation sites excluding steroid dienone is 3. The molecule has 0 aliphatic heterocycles. The monoisotopic (exact) mass is 396 g/mol. The Morgan fingerprint density at radius 3 is 2.46 bits per heavy atom. The highest BCUT2D eigenvalue weighted by Crippen LogP contribution is 2.09. The van der Waals surface area contributed by atoms with E-state index in [1.54, 1.807) is 12.2 Å². The van der Waals surface area contributed by atoms with Crippen molar-refractivity contribution in [2.75, 3.05) is 6.54 Å². The number of aliphatic hydroxyl groups is 1. The molecule has 160 valence electrons. The Bertz CT molecular complexity index is 528. The third kappa shape index (κ3) is 15.9. The van der Waals surface area contributed by atoms with Crippen LogP contribution in [-0.4, -0.2) is 46.7 Å². The number of rotatable bonds is 16. The summed E-state index contributed by atoms with van der Waals surface area (Å²) in [4.78, 5) is 26.8. The van der Waals surface area contributed by atoms with Crippen molar-refractivity contribution >= 4 is 17.8 Å². The fourth-order valence-corrected chi connectivity index (χ4v) is 2.60. The van der Waals surface area contributed by atoms with Gasteiger partial charge in [-0.25, -0.2) is 4.79 Å². The minimum atomic E-state index is -1.09. The van der Waals surface area contributed by atoms with Crippen LogP contribution in [0.2, 0.25) is 0 Å². The van der Waals surface area contributed by atoms with E-state index in [-0.39, 0.29) is 18.5 Å². The van der Waals surface area contributed by atoms with Gasteiger partial charge in [0.2, 0.25) is 5.91 Å². The number of amides is 1. The Hall–Kier alpha value is -2.35. The third-order valence-corrected chi connectivity index (χ3v) is 4.08. The molecular weight excluding hydrogens is 360 g/mol. The average molecular weight is 397 g/mol. The maximum Gasteiger partial charge on any atom is 0.326 e. The molecule has 28 heavy (non-hydrogen) atoms. The summed E-state index contributed by atoms with van der Waals surface area (Å²) < 4.78 is 0. The van der Waals surface area contributed by atoms with E-state index in [1.807, 2.05) is 6.08 Å². The maximum absolute atomic E-state index is 11.8. The Kier molecular flexibility index (Phi) is 15.4. The second-order valence-corrected chi connectivity index (χ2v) is 6.72. The smallest absolute Gasteiger partial charge is 0.326 e. The average Bonchev–Trinajstić information content (AvgIpc) is 2.62. The van der Waals surface area contributed by atoms with E-state index in [0.29, 0.717) is 13.0 Å². The molecule has 0 radical (unpaired) electrons. The molecule has 0 spiro atoms. The molecule has 1 amide bonds. The summed E-state index contributed by atoms with van der Waals surface area (Å²) in [5.74, 6) is -1.59. The number of guanidine groups is 1. The molecule has 0 rings (SSSR count). The van der Waals surface area contributed by atoms with Crippen LogP contribution in [0.4, 0.5) is 0 Å². The predicted octanol–water partition coefficient (Wildman–Crippen LogP) is 1.83. The van der Waals surface area contributed by atoms with Gasteiger partial charge in [-0.2, -0.15) is 0 Å².